The van der Waals surface area contributed by atoms with Gasteiger partial charge in [-0.15, -0.1) is 0 Å². The zero-order valence-corrected chi connectivity index (χ0v) is 14.4. The monoisotopic (exact) mass is 370 g/mol. The first-order chi connectivity index (χ1) is 12.7. The van der Waals surface area contributed by atoms with E-state index in [9.17, 15) is 9.18 Å². The van der Waals surface area contributed by atoms with Crippen LogP contribution in [0.1, 0.15) is 5.56 Å². The molecule has 4 aromatic rings. The topological polar surface area (TPSA) is 99.3 Å². The van der Waals surface area contributed by atoms with Crippen molar-refractivity contribution in [2.45, 2.75) is 11.4 Å². The lowest BCUT2D eigenvalue weighted by Gasteiger charge is -2.05. The molecule has 4 rings (SSSR count). The lowest BCUT2D eigenvalue weighted by Crippen LogP contribution is -2.27. The highest BCUT2D eigenvalue weighted by atomic mass is 32.2. The third-order valence-electron chi connectivity index (χ3n) is 3.97. The van der Waals surface area contributed by atoms with E-state index in [0.717, 1.165) is 22.0 Å². The Hall–Kier alpha value is -2.94. The first-order valence-electron chi connectivity index (χ1n) is 8.00. The Morgan fingerprint density at radius 3 is 3.08 bits per heavy atom. The van der Waals surface area contributed by atoms with E-state index in [-0.39, 0.29) is 17.5 Å². The molecule has 0 aliphatic rings. The standard InChI is InChI=1S/C17H15FN6OS/c18-11-1-2-13-12(5-11)10(6-20-13)3-4-19-14(25)7-26-17-15-16(22-8-21-15)23-9-24-17/h1-2,5-6,8-9,20H,3-4,7H2,(H,19,25)(H,21,22,23,24). The van der Waals surface area contributed by atoms with Gasteiger partial charge in [-0.2, -0.15) is 0 Å². The number of carbonyl (C=O) groups is 1. The molecule has 0 aliphatic carbocycles. The van der Waals surface area contributed by atoms with Crippen molar-refractivity contribution >= 4 is 39.7 Å². The molecule has 0 spiro atoms. The molecule has 1 aromatic carbocycles. The Balaban J connectivity index is 1.31. The number of aromatic nitrogens is 5. The van der Waals surface area contributed by atoms with Crippen LogP contribution in [0.5, 0.6) is 0 Å². The van der Waals surface area contributed by atoms with Crippen LogP contribution in [0, 0.1) is 5.82 Å². The molecule has 0 saturated heterocycles. The van der Waals surface area contributed by atoms with Gasteiger partial charge < -0.3 is 15.3 Å². The highest BCUT2D eigenvalue weighted by Crippen LogP contribution is 2.22. The van der Waals surface area contributed by atoms with E-state index in [2.05, 4.69) is 30.2 Å². The van der Waals surface area contributed by atoms with Gasteiger partial charge in [0.25, 0.3) is 0 Å². The molecule has 0 atom stereocenters. The third-order valence-corrected chi connectivity index (χ3v) is 4.96. The number of benzene rings is 1. The Morgan fingerprint density at radius 1 is 1.23 bits per heavy atom. The molecule has 3 heterocycles. The van der Waals surface area contributed by atoms with Crippen LogP contribution in [-0.4, -0.2) is 43.1 Å². The second kappa shape index (κ2) is 7.12. The maximum atomic E-state index is 13.4. The fraction of sp³-hybridized carbons (Fsp3) is 0.176. The average molecular weight is 370 g/mol. The number of nitrogens with one attached hydrogen (secondary N) is 3. The molecule has 0 radical (unpaired) electrons. The number of nitrogens with zero attached hydrogens (tertiary/aromatic N) is 3. The van der Waals surface area contributed by atoms with Crippen molar-refractivity contribution in [3.63, 3.8) is 0 Å². The van der Waals surface area contributed by atoms with E-state index in [0.29, 0.717) is 23.6 Å². The van der Waals surface area contributed by atoms with Crippen LogP contribution < -0.4 is 5.32 Å². The van der Waals surface area contributed by atoms with E-state index in [1.165, 1.54) is 30.2 Å². The predicted molar refractivity (Wildman–Crippen MR) is 97.4 cm³/mol. The van der Waals surface area contributed by atoms with Crippen LogP contribution in [0.3, 0.4) is 0 Å². The van der Waals surface area contributed by atoms with Gasteiger partial charge in [-0.3, -0.25) is 4.79 Å². The number of fused-ring (bicyclic) bond motifs is 2. The molecule has 26 heavy (non-hydrogen) atoms. The van der Waals surface area contributed by atoms with Crippen molar-refractivity contribution in [2.75, 3.05) is 12.3 Å². The molecule has 0 unspecified atom stereocenters. The van der Waals surface area contributed by atoms with Crippen LogP contribution in [-0.2, 0) is 11.2 Å². The zero-order valence-electron chi connectivity index (χ0n) is 13.6. The number of imidazole rings is 1. The smallest absolute Gasteiger partial charge is 0.230 e. The summed E-state index contributed by atoms with van der Waals surface area (Å²) in [6, 6.07) is 4.64. The van der Waals surface area contributed by atoms with Gasteiger partial charge in [-0.1, -0.05) is 11.8 Å². The number of H-pyrrole nitrogens is 2. The van der Waals surface area contributed by atoms with E-state index in [1.807, 2.05) is 6.20 Å². The summed E-state index contributed by atoms with van der Waals surface area (Å²) < 4.78 is 13.4. The van der Waals surface area contributed by atoms with Gasteiger partial charge in [-0.05, 0) is 30.2 Å². The Morgan fingerprint density at radius 2 is 2.15 bits per heavy atom. The minimum Gasteiger partial charge on any atom is -0.361 e. The van der Waals surface area contributed by atoms with Gasteiger partial charge >= 0.3 is 0 Å². The van der Waals surface area contributed by atoms with Crippen molar-refractivity contribution in [1.29, 1.82) is 0 Å². The number of amides is 1. The van der Waals surface area contributed by atoms with Crippen molar-refractivity contribution < 1.29 is 9.18 Å². The largest absolute Gasteiger partial charge is 0.361 e. The molecular formula is C17H15FN6OS. The van der Waals surface area contributed by atoms with Gasteiger partial charge in [0, 0.05) is 23.6 Å². The number of halogens is 1. The van der Waals surface area contributed by atoms with Crippen LogP contribution in [0.15, 0.2) is 42.1 Å². The molecule has 0 aliphatic heterocycles. The van der Waals surface area contributed by atoms with E-state index in [1.54, 1.807) is 12.4 Å². The molecule has 132 valence electrons. The number of hydrogen-bond donors (Lipinski definition) is 3. The highest BCUT2D eigenvalue weighted by molar-refractivity contribution is 8.00. The molecule has 9 heteroatoms. The highest BCUT2D eigenvalue weighted by Gasteiger charge is 2.10. The second-order valence-corrected chi connectivity index (χ2v) is 6.64. The number of hydrogen-bond acceptors (Lipinski definition) is 5. The molecule has 3 aromatic heterocycles. The molecule has 3 N–H and O–H groups in total. The maximum absolute atomic E-state index is 13.4. The molecule has 1 amide bonds. The van der Waals surface area contributed by atoms with Crippen LogP contribution in [0.25, 0.3) is 22.1 Å². The fourth-order valence-corrected chi connectivity index (χ4v) is 3.52. The number of aromatic amines is 2. The zero-order chi connectivity index (χ0) is 17.9. The minimum absolute atomic E-state index is 0.0905. The average Bonchev–Trinajstić information content (AvgIpc) is 3.27. The van der Waals surface area contributed by atoms with Crippen LogP contribution >= 0.6 is 11.8 Å². The second-order valence-electron chi connectivity index (χ2n) is 5.67. The summed E-state index contributed by atoms with van der Waals surface area (Å²) in [6.07, 6.45) is 5.45. The predicted octanol–water partition coefficient (Wildman–Crippen LogP) is 2.42. The van der Waals surface area contributed by atoms with Crippen LogP contribution in [0.4, 0.5) is 4.39 Å². The molecule has 0 fully saturated rings. The van der Waals surface area contributed by atoms with Crippen molar-refractivity contribution in [2.24, 2.45) is 0 Å². The van der Waals surface area contributed by atoms with Gasteiger partial charge in [0.1, 0.15) is 22.7 Å². The molecule has 0 saturated carbocycles. The molecular weight excluding hydrogens is 355 g/mol. The summed E-state index contributed by atoms with van der Waals surface area (Å²) in [6.45, 7) is 0.478. The third kappa shape index (κ3) is 3.38. The van der Waals surface area contributed by atoms with E-state index >= 15 is 0 Å². The van der Waals surface area contributed by atoms with Gasteiger partial charge in [0.2, 0.25) is 5.91 Å². The number of carbonyl (C=O) groups excluding carboxylic acids is 1. The first-order valence-corrected chi connectivity index (χ1v) is 8.98. The Labute approximate surface area is 151 Å². The lowest BCUT2D eigenvalue weighted by atomic mass is 10.1. The quantitative estimate of drug-likeness (QED) is 0.358. The van der Waals surface area contributed by atoms with Crippen molar-refractivity contribution in [1.82, 2.24) is 30.2 Å². The normalized spacial score (nSPS) is 11.3. The lowest BCUT2D eigenvalue weighted by molar-refractivity contribution is -0.118. The summed E-state index contributed by atoms with van der Waals surface area (Å²) in [5.41, 5.74) is 3.17. The molecule has 7 nitrogen and oxygen atoms in total. The first kappa shape index (κ1) is 16.5. The summed E-state index contributed by atoms with van der Waals surface area (Å²) >= 11 is 1.32. The van der Waals surface area contributed by atoms with Crippen molar-refractivity contribution in [3.8, 4) is 0 Å². The van der Waals surface area contributed by atoms with Crippen LogP contribution in [0.2, 0.25) is 0 Å². The summed E-state index contributed by atoms with van der Waals surface area (Å²) in [4.78, 5) is 30.4. The van der Waals surface area contributed by atoms with E-state index in [4.69, 9.17) is 0 Å². The van der Waals surface area contributed by atoms with Gasteiger partial charge in [0.15, 0.2) is 5.65 Å². The summed E-state index contributed by atoms with van der Waals surface area (Å²) in [5.74, 6) is -0.116. The van der Waals surface area contributed by atoms with Crippen molar-refractivity contribution in [3.05, 3.63) is 48.4 Å². The Bertz CT molecular complexity index is 1080. The fourth-order valence-electron chi connectivity index (χ4n) is 2.73. The number of rotatable bonds is 6. The van der Waals surface area contributed by atoms with Gasteiger partial charge in [-0.25, -0.2) is 19.3 Å². The summed E-state index contributed by atoms with van der Waals surface area (Å²) in [5, 5.41) is 4.41. The molecule has 0 bridgehead atoms. The van der Waals surface area contributed by atoms with E-state index < -0.39 is 0 Å². The minimum atomic E-state index is -0.270. The summed E-state index contributed by atoms with van der Waals surface area (Å²) in [7, 11) is 0. The Kier molecular flexibility index (Phi) is 4.53. The SMILES string of the molecule is O=C(CSc1ncnc2nc[nH]c12)NCCc1c[nH]c2ccc(F)cc12. The maximum Gasteiger partial charge on any atom is 0.230 e. The van der Waals surface area contributed by atoms with Gasteiger partial charge in [0.05, 0.1) is 12.1 Å². The number of thioether (sulfide) groups is 1.